The van der Waals surface area contributed by atoms with Crippen LogP contribution in [0.2, 0.25) is 0 Å². The van der Waals surface area contributed by atoms with Gasteiger partial charge in [-0.15, -0.1) is 22.7 Å². The lowest BCUT2D eigenvalue weighted by molar-refractivity contribution is 1.17. The Morgan fingerprint density at radius 1 is 0.431 bits per heavy atom. The summed E-state index contributed by atoms with van der Waals surface area (Å²) in [5.74, 6) is 0.731. The molecule has 0 saturated heterocycles. The van der Waals surface area contributed by atoms with Gasteiger partial charge in [0.15, 0.2) is 5.82 Å². The van der Waals surface area contributed by atoms with Gasteiger partial charge in [0.25, 0.3) is 0 Å². The zero-order valence-corrected chi connectivity index (χ0v) is 28.7. The van der Waals surface area contributed by atoms with Crippen LogP contribution >= 0.6 is 22.7 Å². The molecule has 0 unspecified atom stereocenters. The molecular formula is C46H25N3S2. The van der Waals surface area contributed by atoms with E-state index in [9.17, 15) is 0 Å². The van der Waals surface area contributed by atoms with Crippen LogP contribution in [0.15, 0.2) is 152 Å². The fourth-order valence-corrected chi connectivity index (χ4v) is 10.6. The lowest BCUT2D eigenvalue weighted by Crippen LogP contribution is -1.97. The van der Waals surface area contributed by atoms with Crippen molar-refractivity contribution in [1.29, 1.82) is 0 Å². The molecule has 0 bridgehead atoms. The molecular weight excluding hydrogens is 659 g/mol. The minimum atomic E-state index is 0.731. The minimum absolute atomic E-state index is 0.731. The van der Waals surface area contributed by atoms with Crippen molar-refractivity contribution in [2.75, 3.05) is 0 Å². The van der Waals surface area contributed by atoms with Crippen LogP contribution in [0.4, 0.5) is 0 Å². The van der Waals surface area contributed by atoms with Gasteiger partial charge in [0.2, 0.25) is 0 Å². The first kappa shape index (κ1) is 27.7. The Labute approximate surface area is 299 Å². The Hall–Kier alpha value is -6.14. The van der Waals surface area contributed by atoms with Gasteiger partial charge >= 0.3 is 0 Å². The molecule has 51 heavy (non-hydrogen) atoms. The number of benzene rings is 8. The SMILES string of the molecule is c1cc(-c2nc(-c3ccc4ccccc4c3)c3sc4ccccc4c3n2)cc(-n2c3ccc4cccc5sc6cccc7ccc2c(c76)c3c45)c1. The molecule has 12 aromatic rings. The molecule has 0 spiro atoms. The van der Waals surface area contributed by atoms with Crippen LogP contribution in [-0.2, 0) is 0 Å². The fourth-order valence-electron chi connectivity index (χ4n) is 8.28. The number of nitrogens with zero attached hydrogens (tertiary/aromatic N) is 3. The molecule has 4 heterocycles. The van der Waals surface area contributed by atoms with Crippen molar-refractivity contribution in [1.82, 2.24) is 14.5 Å². The van der Waals surface area contributed by atoms with E-state index in [1.807, 2.05) is 11.3 Å². The molecule has 0 N–H and O–H groups in total. The van der Waals surface area contributed by atoms with E-state index < -0.39 is 0 Å². The van der Waals surface area contributed by atoms with E-state index in [1.165, 1.54) is 73.6 Å². The monoisotopic (exact) mass is 683 g/mol. The van der Waals surface area contributed by atoms with E-state index in [1.54, 1.807) is 11.3 Å². The molecule has 0 aliphatic carbocycles. The van der Waals surface area contributed by atoms with Gasteiger partial charge in [-0.2, -0.15) is 0 Å². The number of rotatable bonds is 3. The summed E-state index contributed by atoms with van der Waals surface area (Å²) in [5.41, 5.74) is 7.59. The van der Waals surface area contributed by atoms with E-state index in [0.717, 1.165) is 38.5 Å². The lowest BCUT2D eigenvalue weighted by atomic mass is 10.00. The summed E-state index contributed by atoms with van der Waals surface area (Å²) in [5, 5.41) is 11.5. The molecule has 0 amide bonds. The summed E-state index contributed by atoms with van der Waals surface area (Å²) in [7, 11) is 0. The predicted octanol–water partition coefficient (Wildman–Crippen LogP) is 13.4. The highest BCUT2D eigenvalue weighted by molar-refractivity contribution is 7.26. The Kier molecular flexibility index (Phi) is 5.53. The van der Waals surface area contributed by atoms with Crippen molar-refractivity contribution in [2.24, 2.45) is 0 Å². The van der Waals surface area contributed by atoms with Crippen molar-refractivity contribution < 1.29 is 0 Å². The van der Waals surface area contributed by atoms with Crippen LogP contribution in [0.25, 0.3) is 112 Å². The Balaban J connectivity index is 1.14. The van der Waals surface area contributed by atoms with Gasteiger partial charge in [0.1, 0.15) is 0 Å². The number of fused-ring (bicyclic) bond motifs is 4. The molecule has 0 saturated carbocycles. The largest absolute Gasteiger partial charge is 0.309 e. The molecule has 4 aromatic heterocycles. The van der Waals surface area contributed by atoms with Gasteiger partial charge in [-0.05, 0) is 70.1 Å². The van der Waals surface area contributed by atoms with E-state index in [0.29, 0.717) is 0 Å². The normalized spacial score (nSPS) is 12.3. The first-order valence-corrected chi connectivity index (χ1v) is 18.8. The third kappa shape index (κ3) is 3.87. The Morgan fingerprint density at radius 3 is 1.86 bits per heavy atom. The number of hydrogen-bond acceptors (Lipinski definition) is 4. The quantitative estimate of drug-likeness (QED) is 0.186. The fraction of sp³-hybridized carbons (Fsp3) is 0. The average Bonchev–Trinajstić information content (AvgIpc) is 3.68. The zero-order chi connectivity index (χ0) is 33.2. The third-order valence-corrected chi connectivity index (χ3v) is 12.8. The minimum Gasteiger partial charge on any atom is -0.309 e. The van der Waals surface area contributed by atoms with Crippen LogP contribution < -0.4 is 0 Å². The summed E-state index contributed by atoms with van der Waals surface area (Å²) in [6.45, 7) is 0. The molecule has 0 radical (unpaired) electrons. The highest BCUT2D eigenvalue weighted by atomic mass is 32.1. The number of aromatic nitrogens is 3. The molecule has 236 valence electrons. The van der Waals surface area contributed by atoms with Gasteiger partial charge in [0, 0.05) is 57.8 Å². The maximum atomic E-state index is 5.38. The highest BCUT2D eigenvalue weighted by Crippen LogP contribution is 2.46. The standard InChI is InChI=1S/C46H25N3S2/c1-2-9-29-24-30(19-18-26(29)8-1)43-45-44(33-14-3-4-15-36(33)51-45)48-46(47-43)31-12-5-13-32(25-31)49-34-22-20-27-10-6-16-37-39(27)41(34)42-35(49)23-21-28-11-7-17-38(50-37)40(28)42/h1-25H. The second-order valence-electron chi connectivity index (χ2n) is 13.3. The van der Waals surface area contributed by atoms with E-state index in [4.69, 9.17) is 9.97 Å². The molecule has 12 rings (SSSR count). The third-order valence-electron chi connectivity index (χ3n) is 10.5. The van der Waals surface area contributed by atoms with Gasteiger partial charge < -0.3 is 4.57 Å². The van der Waals surface area contributed by atoms with Crippen molar-refractivity contribution in [3.63, 3.8) is 0 Å². The maximum absolute atomic E-state index is 5.38. The Bertz CT molecular complexity index is 3280. The summed E-state index contributed by atoms with van der Waals surface area (Å²) in [4.78, 5) is 10.7. The summed E-state index contributed by atoms with van der Waals surface area (Å²) < 4.78 is 7.39. The van der Waals surface area contributed by atoms with Crippen molar-refractivity contribution >= 4 is 106 Å². The van der Waals surface area contributed by atoms with E-state index in [2.05, 4.69) is 156 Å². The smallest absolute Gasteiger partial charge is 0.160 e. The number of hydrogen-bond donors (Lipinski definition) is 0. The van der Waals surface area contributed by atoms with Crippen LogP contribution in [-0.4, -0.2) is 14.5 Å². The van der Waals surface area contributed by atoms with Crippen molar-refractivity contribution in [2.45, 2.75) is 0 Å². The second kappa shape index (κ2) is 10.2. The van der Waals surface area contributed by atoms with Gasteiger partial charge in [-0.3, -0.25) is 0 Å². The predicted molar refractivity (Wildman–Crippen MR) is 219 cm³/mol. The molecule has 0 aliphatic rings. The maximum Gasteiger partial charge on any atom is 0.160 e. The van der Waals surface area contributed by atoms with E-state index >= 15 is 0 Å². The molecule has 8 aromatic carbocycles. The molecule has 0 fully saturated rings. The lowest BCUT2D eigenvalue weighted by Gasteiger charge is -2.12. The Morgan fingerprint density at radius 2 is 1.08 bits per heavy atom. The molecule has 5 heteroatoms. The van der Waals surface area contributed by atoms with Crippen molar-refractivity contribution in [3.8, 4) is 28.3 Å². The first-order chi connectivity index (χ1) is 25.3. The second-order valence-corrected chi connectivity index (χ2v) is 15.5. The summed E-state index contributed by atoms with van der Waals surface area (Å²) in [6, 6.07) is 55.1. The van der Waals surface area contributed by atoms with Crippen molar-refractivity contribution in [3.05, 3.63) is 152 Å². The molecule has 0 aliphatic heterocycles. The first-order valence-electron chi connectivity index (χ1n) is 17.2. The highest BCUT2D eigenvalue weighted by Gasteiger charge is 2.22. The van der Waals surface area contributed by atoms with Crippen LogP contribution in [0.5, 0.6) is 0 Å². The molecule has 0 atom stereocenters. The van der Waals surface area contributed by atoms with Crippen LogP contribution in [0, 0.1) is 0 Å². The van der Waals surface area contributed by atoms with Gasteiger partial charge in [-0.25, -0.2) is 9.97 Å². The van der Waals surface area contributed by atoms with Gasteiger partial charge in [0.05, 0.1) is 26.9 Å². The van der Waals surface area contributed by atoms with Crippen LogP contribution in [0.1, 0.15) is 0 Å². The summed E-state index contributed by atoms with van der Waals surface area (Å²) in [6.07, 6.45) is 0. The van der Waals surface area contributed by atoms with Crippen LogP contribution in [0.3, 0.4) is 0 Å². The van der Waals surface area contributed by atoms with E-state index in [-0.39, 0.29) is 0 Å². The topological polar surface area (TPSA) is 30.7 Å². The van der Waals surface area contributed by atoms with Gasteiger partial charge in [-0.1, -0.05) is 103 Å². The zero-order valence-electron chi connectivity index (χ0n) is 27.1. The number of thiophene rings is 1. The summed E-state index contributed by atoms with van der Waals surface area (Å²) >= 11 is 3.66. The molecule has 3 nitrogen and oxygen atoms in total. The average molecular weight is 684 g/mol.